The molecule has 0 unspecified atom stereocenters. The van der Waals surface area contributed by atoms with E-state index in [9.17, 15) is 14.0 Å². The van der Waals surface area contributed by atoms with Crippen molar-refractivity contribution in [2.45, 2.75) is 6.54 Å². The van der Waals surface area contributed by atoms with Crippen LogP contribution in [-0.2, 0) is 6.54 Å². The lowest BCUT2D eigenvalue weighted by atomic mass is 10.1. The molecule has 18 heavy (non-hydrogen) atoms. The Kier molecular flexibility index (Phi) is 3.12. The molecule has 0 saturated heterocycles. The third kappa shape index (κ3) is 1.98. The Morgan fingerprint density at radius 1 is 1.33 bits per heavy atom. The molecular formula is C12H10FNO4. The second-order valence-electron chi connectivity index (χ2n) is 3.74. The first kappa shape index (κ1) is 12.3. The summed E-state index contributed by atoms with van der Waals surface area (Å²) in [5.41, 5.74) is -0.599. The van der Waals surface area contributed by atoms with Crippen molar-refractivity contribution < 1.29 is 19.4 Å². The zero-order valence-electron chi connectivity index (χ0n) is 9.26. The Morgan fingerprint density at radius 3 is 2.67 bits per heavy atom. The maximum absolute atomic E-state index is 13.2. The summed E-state index contributed by atoms with van der Waals surface area (Å²) in [4.78, 5) is 22.8. The normalized spacial score (nSPS) is 10.8. The number of aliphatic hydroxyl groups is 1. The van der Waals surface area contributed by atoms with Crippen LogP contribution >= 0.6 is 0 Å². The average molecular weight is 251 g/mol. The van der Waals surface area contributed by atoms with Crippen molar-refractivity contribution in [3.05, 3.63) is 46.0 Å². The van der Waals surface area contributed by atoms with Gasteiger partial charge in [-0.2, -0.15) is 0 Å². The molecule has 0 bridgehead atoms. The summed E-state index contributed by atoms with van der Waals surface area (Å²) in [6.07, 6.45) is 0. The molecule has 5 nitrogen and oxygen atoms in total. The van der Waals surface area contributed by atoms with E-state index >= 15 is 0 Å². The van der Waals surface area contributed by atoms with E-state index in [0.717, 1.165) is 18.2 Å². The summed E-state index contributed by atoms with van der Waals surface area (Å²) in [5, 5.41) is 18.2. The monoisotopic (exact) mass is 251 g/mol. The largest absolute Gasteiger partial charge is 0.477 e. The zero-order chi connectivity index (χ0) is 13.3. The molecule has 1 heterocycles. The van der Waals surface area contributed by atoms with E-state index in [4.69, 9.17) is 10.2 Å². The van der Waals surface area contributed by atoms with Crippen molar-refractivity contribution in [1.82, 2.24) is 4.57 Å². The number of halogens is 1. The van der Waals surface area contributed by atoms with Crippen molar-refractivity contribution in [3.63, 3.8) is 0 Å². The van der Waals surface area contributed by atoms with E-state index in [0.29, 0.717) is 0 Å². The van der Waals surface area contributed by atoms with Crippen LogP contribution in [0.25, 0.3) is 10.9 Å². The molecule has 0 aliphatic carbocycles. The predicted molar refractivity (Wildman–Crippen MR) is 62.2 cm³/mol. The standard InChI is InChI=1S/C12H10FNO4/c13-7-1-2-8-9(5-7)14(3-4-15)10(12(17)18)6-11(8)16/h1-2,5-6,15H,3-4H2,(H,17,18). The van der Waals surface area contributed by atoms with Crippen molar-refractivity contribution in [2.24, 2.45) is 0 Å². The molecule has 94 valence electrons. The number of rotatable bonds is 3. The molecule has 2 rings (SSSR count). The Bertz CT molecular complexity index is 678. The van der Waals surface area contributed by atoms with Crippen LogP contribution in [-0.4, -0.2) is 27.4 Å². The lowest BCUT2D eigenvalue weighted by molar-refractivity contribution is 0.0683. The van der Waals surface area contributed by atoms with Crippen molar-refractivity contribution in [3.8, 4) is 0 Å². The molecule has 0 spiro atoms. The van der Waals surface area contributed by atoms with Crippen molar-refractivity contribution in [1.29, 1.82) is 0 Å². The van der Waals surface area contributed by atoms with Gasteiger partial charge in [-0.25, -0.2) is 9.18 Å². The van der Waals surface area contributed by atoms with E-state index in [1.165, 1.54) is 10.6 Å². The van der Waals surface area contributed by atoms with Gasteiger partial charge in [-0.05, 0) is 18.2 Å². The Balaban J connectivity index is 2.91. The molecule has 0 aliphatic heterocycles. The third-order valence-corrected chi connectivity index (χ3v) is 2.62. The van der Waals surface area contributed by atoms with E-state index in [2.05, 4.69) is 0 Å². The summed E-state index contributed by atoms with van der Waals surface area (Å²) in [6.45, 7) is -0.337. The highest BCUT2D eigenvalue weighted by Crippen LogP contribution is 2.15. The average Bonchev–Trinajstić information content (AvgIpc) is 2.32. The number of carboxylic acid groups (broad SMARTS) is 1. The number of hydrogen-bond acceptors (Lipinski definition) is 3. The number of hydrogen-bond donors (Lipinski definition) is 2. The lowest BCUT2D eigenvalue weighted by Gasteiger charge is -2.13. The van der Waals surface area contributed by atoms with E-state index < -0.39 is 17.2 Å². The smallest absolute Gasteiger partial charge is 0.352 e. The van der Waals surface area contributed by atoms with Gasteiger partial charge in [0.25, 0.3) is 0 Å². The van der Waals surface area contributed by atoms with E-state index in [1.54, 1.807) is 0 Å². The minimum absolute atomic E-state index is 0.0259. The van der Waals surface area contributed by atoms with Gasteiger partial charge in [0.15, 0.2) is 5.43 Å². The molecular weight excluding hydrogens is 241 g/mol. The topological polar surface area (TPSA) is 79.5 Å². The second-order valence-corrected chi connectivity index (χ2v) is 3.74. The van der Waals surface area contributed by atoms with Crippen LogP contribution in [0, 0.1) is 5.82 Å². The maximum atomic E-state index is 13.2. The van der Waals surface area contributed by atoms with Crippen molar-refractivity contribution >= 4 is 16.9 Å². The summed E-state index contributed by atoms with van der Waals surface area (Å²) >= 11 is 0. The first-order valence-electron chi connectivity index (χ1n) is 5.22. The van der Waals surface area contributed by atoms with E-state index in [1.807, 2.05) is 0 Å². The van der Waals surface area contributed by atoms with Crippen LogP contribution in [0.1, 0.15) is 10.5 Å². The lowest BCUT2D eigenvalue weighted by Crippen LogP contribution is -2.19. The fourth-order valence-corrected chi connectivity index (χ4v) is 1.86. The van der Waals surface area contributed by atoms with Crippen LogP contribution in [0.2, 0.25) is 0 Å². The highest BCUT2D eigenvalue weighted by molar-refractivity contribution is 5.90. The van der Waals surface area contributed by atoms with Gasteiger partial charge in [-0.15, -0.1) is 0 Å². The zero-order valence-corrected chi connectivity index (χ0v) is 9.26. The third-order valence-electron chi connectivity index (χ3n) is 2.62. The fourth-order valence-electron chi connectivity index (χ4n) is 1.86. The minimum atomic E-state index is -1.30. The molecule has 0 saturated carbocycles. The molecule has 0 fully saturated rings. The quantitative estimate of drug-likeness (QED) is 0.846. The molecule has 6 heteroatoms. The fraction of sp³-hybridized carbons (Fsp3) is 0.167. The van der Waals surface area contributed by atoms with Crippen LogP contribution in [0.15, 0.2) is 29.1 Å². The van der Waals surface area contributed by atoms with Gasteiger partial charge in [-0.1, -0.05) is 0 Å². The van der Waals surface area contributed by atoms with Gasteiger partial charge in [0.1, 0.15) is 11.5 Å². The summed E-state index contributed by atoms with van der Waals surface area (Å²) < 4.78 is 14.4. The molecule has 1 aromatic heterocycles. The summed E-state index contributed by atoms with van der Waals surface area (Å²) in [6, 6.07) is 4.48. The molecule has 0 radical (unpaired) electrons. The molecule has 0 amide bonds. The molecule has 1 aromatic carbocycles. The first-order chi connectivity index (χ1) is 8.54. The maximum Gasteiger partial charge on any atom is 0.352 e. The van der Waals surface area contributed by atoms with Crippen LogP contribution in [0.3, 0.4) is 0 Å². The number of carbonyl (C=O) groups is 1. The van der Waals surface area contributed by atoms with Gasteiger partial charge < -0.3 is 14.8 Å². The van der Waals surface area contributed by atoms with Gasteiger partial charge in [0.05, 0.1) is 12.1 Å². The molecule has 0 aliphatic rings. The van der Waals surface area contributed by atoms with Gasteiger partial charge >= 0.3 is 5.97 Å². The van der Waals surface area contributed by atoms with Crippen LogP contribution in [0.5, 0.6) is 0 Å². The number of benzene rings is 1. The van der Waals surface area contributed by atoms with Crippen LogP contribution in [0.4, 0.5) is 4.39 Å². The van der Waals surface area contributed by atoms with Gasteiger partial charge in [0.2, 0.25) is 0 Å². The minimum Gasteiger partial charge on any atom is -0.477 e. The van der Waals surface area contributed by atoms with Gasteiger partial charge in [0, 0.05) is 18.0 Å². The number of fused-ring (bicyclic) bond motifs is 1. The number of aromatic nitrogens is 1. The van der Waals surface area contributed by atoms with Crippen molar-refractivity contribution in [2.75, 3.05) is 6.61 Å². The predicted octanol–water partition coefficient (Wildman–Crippen LogP) is 0.831. The number of aliphatic hydroxyl groups excluding tert-OH is 1. The number of nitrogens with zero attached hydrogens (tertiary/aromatic N) is 1. The highest BCUT2D eigenvalue weighted by Gasteiger charge is 2.14. The molecule has 0 atom stereocenters. The van der Waals surface area contributed by atoms with E-state index in [-0.39, 0.29) is 29.7 Å². The Labute approximate surface area is 101 Å². The highest BCUT2D eigenvalue weighted by atomic mass is 19.1. The van der Waals surface area contributed by atoms with Gasteiger partial charge in [-0.3, -0.25) is 4.79 Å². The first-order valence-corrected chi connectivity index (χ1v) is 5.22. The molecule has 2 aromatic rings. The summed E-state index contributed by atoms with van der Waals surface area (Å²) in [7, 11) is 0. The number of aromatic carboxylic acids is 1. The Morgan fingerprint density at radius 2 is 2.06 bits per heavy atom. The summed E-state index contributed by atoms with van der Waals surface area (Å²) in [5.74, 6) is -1.87. The molecule has 2 N–H and O–H groups in total. The SMILES string of the molecule is O=C(O)c1cc(=O)c2ccc(F)cc2n1CCO. The number of pyridine rings is 1. The Hall–Kier alpha value is -2.21. The second kappa shape index (κ2) is 4.58. The van der Waals surface area contributed by atoms with Crippen LogP contribution < -0.4 is 5.43 Å². The number of carboxylic acids is 1.